The van der Waals surface area contributed by atoms with E-state index in [9.17, 15) is 22.0 Å². The summed E-state index contributed by atoms with van der Waals surface area (Å²) in [6.45, 7) is 1.45. The molecule has 0 aromatic heterocycles. The van der Waals surface area contributed by atoms with Crippen molar-refractivity contribution in [3.05, 3.63) is 58.1 Å². The summed E-state index contributed by atoms with van der Waals surface area (Å²) in [5.74, 6) is -2.39. The highest BCUT2D eigenvalue weighted by molar-refractivity contribution is 7.89. The molecule has 0 bridgehead atoms. The van der Waals surface area contributed by atoms with Gasteiger partial charge in [0.05, 0.1) is 5.02 Å². The fourth-order valence-corrected chi connectivity index (χ4v) is 5.06. The molecule has 0 saturated carbocycles. The number of benzene rings is 2. The molecule has 162 valence electrons. The monoisotopic (exact) mass is 478 g/mol. The predicted octanol–water partition coefficient (Wildman–Crippen LogP) is 3.57. The van der Waals surface area contributed by atoms with Crippen LogP contribution >= 0.6 is 23.2 Å². The number of hydrogen-bond donors (Lipinski definition) is 0. The van der Waals surface area contributed by atoms with Gasteiger partial charge in [-0.1, -0.05) is 29.3 Å². The van der Waals surface area contributed by atoms with Crippen LogP contribution in [0.15, 0.2) is 41.3 Å². The normalized spacial score (nSPS) is 16.4. The van der Waals surface area contributed by atoms with Gasteiger partial charge < -0.3 is 9.64 Å². The number of nitrogens with zero attached hydrogens (tertiary/aromatic N) is 2. The first-order valence-corrected chi connectivity index (χ1v) is 11.2. The third-order valence-corrected chi connectivity index (χ3v) is 7.09. The SMILES string of the molecule is C[C@H](Oc1ccc(Cl)cc1Cl)C(=O)N1CCN(S(=O)(=O)c2c(F)cccc2F)CC1. The number of sulfonamides is 1. The van der Waals surface area contributed by atoms with E-state index in [-0.39, 0.29) is 42.9 Å². The Hall–Kier alpha value is -1.94. The van der Waals surface area contributed by atoms with Crippen LogP contribution in [0.5, 0.6) is 5.75 Å². The largest absolute Gasteiger partial charge is 0.479 e. The topological polar surface area (TPSA) is 66.9 Å². The minimum Gasteiger partial charge on any atom is -0.479 e. The number of amides is 1. The molecule has 1 fully saturated rings. The first kappa shape index (κ1) is 22.7. The highest BCUT2D eigenvalue weighted by atomic mass is 35.5. The number of hydrogen-bond acceptors (Lipinski definition) is 4. The molecule has 1 aliphatic heterocycles. The summed E-state index contributed by atoms with van der Waals surface area (Å²) in [5, 5.41) is 0.680. The Bertz CT molecular complexity index is 1040. The summed E-state index contributed by atoms with van der Waals surface area (Å²) in [4.78, 5) is 13.1. The van der Waals surface area contributed by atoms with Gasteiger partial charge >= 0.3 is 0 Å². The fraction of sp³-hybridized carbons (Fsp3) is 0.316. The maximum Gasteiger partial charge on any atom is 0.263 e. The van der Waals surface area contributed by atoms with Crippen LogP contribution in [0.4, 0.5) is 8.78 Å². The molecule has 1 atom stereocenters. The first-order valence-electron chi connectivity index (χ1n) is 8.96. The third kappa shape index (κ3) is 4.69. The summed E-state index contributed by atoms with van der Waals surface area (Å²) >= 11 is 11.9. The van der Waals surface area contributed by atoms with Crippen LogP contribution in [-0.2, 0) is 14.8 Å². The lowest BCUT2D eigenvalue weighted by atomic mass is 10.2. The third-order valence-electron chi connectivity index (χ3n) is 4.61. The maximum absolute atomic E-state index is 13.9. The first-order chi connectivity index (χ1) is 14.1. The molecule has 0 unspecified atom stereocenters. The van der Waals surface area contributed by atoms with E-state index in [4.69, 9.17) is 27.9 Å². The second-order valence-electron chi connectivity index (χ2n) is 6.61. The molecule has 2 aromatic rings. The molecule has 0 N–H and O–H groups in total. The molecule has 1 saturated heterocycles. The zero-order valence-corrected chi connectivity index (χ0v) is 18.1. The van der Waals surface area contributed by atoms with Gasteiger partial charge in [-0.05, 0) is 37.3 Å². The molecule has 0 radical (unpaired) electrons. The fourth-order valence-electron chi connectivity index (χ4n) is 3.08. The van der Waals surface area contributed by atoms with Crippen LogP contribution in [0.1, 0.15) is 6.92 Å². The average Bonchev–Trinajstić information content (AvgIpc) is 2.69. The zero-order chi connectivity index (χ0) is 22.1. The van der Waals surface area contributed by atoms with Crippen molar-refractivity contribution in [3.63, 3.8) is 0 Å². The summed E-state index contributed by atoms with van der Waals surface area (Å²) in [7, 11) is -4.37. The Morgan fingerprint density at radius 1 is 1.07 bits per heavy atom. The van der Waals surface area contributed by atoms with Gasteiger partial charge in [-0.15, -0.1) is 0 Å². The molecule has 30 heavy (non-hydrogen) atoms. The summed E-state index contributed by atoms with van der Waals surface area (Å²) in [6.07, 6.45) is -0.879. The van der Waals surface area contributed by atoms with Gasteiger partial charge in [-0.3, -0.25) is 4.79 Å². The lowest BCUT2D eigenvalue weighted by Gasteiger charge is -2.35. The molecule has 6 nitrogen and oxygen atoms in total. The predicted molar refractivity (Wildman–Crippen MR) is 108 cm³/mol. The Kier molecular flexibility index (Phi) is 6.86. The van der Waals surface area contributed by atoms with Crippen molar-refractivity contribution in [3.8, 4) is 5.75 Å². The van der Waals surface area contributed by atoms with Gasteiger partial charge in [0.15, 0.2) is 11.0 Å². The van der Waals surface area contributed by atoms with Crippen molar-refractivity contribution < 1.29 is 26.7 Å². The number of halogens is 4. The Labute approximate surface area is 183 Å². The highest BCUT2D eigenvalue weighted by Gasteiger charge is 2.35. The molecule has 0 aliphatic carbocycles. The second kappa shape index (κ2) is 9.05. The van der Waals surface area contributed by atoms with E-state index in [1.165, 1.54) is 11.0 Å². The minimum absolute atomic E-state index is 0.0518. The van der Waals surface area contributed by atoms with Crippen LogP contribution in [0, 0.1) is 11.6 Å². The van der Waals surface area contributed by atoms with Crippen LogP contribution in [0.3, 0.4) is 0 Å². The van der Waals surface area contributed by atoms with Gasteiger partial charge in [0, 0.05) is 31.2 Å². The van der Waals surface area contributed by atoms with Gasteiger partial charge in [-0.2, -0.15) is 4.31 Å². The molecular formula is C19H18Cl2F2N2O4S. The Morgan fingerprint density at radius 2 is 1.67 bits per heavy atom. The Balaban J connectivity index is 1.65. The quantitative estimate of drug-likeness (QED) is 0.658. The van der Waals surface area contributed by atoms with Crippen LogP contribution in [0.2, 0.25) is 10.0 Å². The van der Waals surface area contributed by atoms with E-state index in [1.807, 2.05) is 0 Å². The number of carbonyl (C=O) groups is 1. The number of rotatable bonds is 5. The van der Waals surface area contributed by atoms with E-state index in [1.54, 1.807) is 19.1 Å². The van der Waals surface area contributed by atoms with E-state index in [2.05, 4.69) is 0 Å². The lowest BCUT2D eigenvalue weighted by Crippen LogP contribution is -2.53. The number of ether oxygens (including phenoxy) is 1. The molecule has 1 aliphatic rings. The molecular weight excluding hydrogens is 461 g/mol. The smallest absolute Gasteiger partial charge is 0.263 e. The van der Waals surface area contributed by atoms with E-state index in [0.717, 1.165) is 22.5 Å². The summed E-state index contributed by atoms with van der Waals surface area (Å²) < 4.78 is 59.7. The van der Waals surface area contributed by atoms with Crippen molar-refractivity contribution in [1.82, 2.24) is 9.21 Å². The average molecular weight is 479 g/mol. The standard InChI is InChI=1S/C19H18Cl2F2N2O4S/c1-12(29-17-6-5-13(20)11-14(17)21)19(26)24-7-9-25(10-8-24)30(27,28)18-15(22)3-2-4-16(18)23/h2-6,11-12H,7-10H2,1H3/t12-/m0/s1. The van der Waals surface area contributed by atoms with Gasteiger partial charge in [0.2, 0.25) is 10.0 Å². The van der Waals surface area contributed by atoms with Crippen LogP contribution in [0.25, 0.3) is 0 Å². The molecule has 3 rings (SSSR count). The zero-order valence-electron chi connectivity index (χ0n) is 15.8. The van der Waals surface area contributed by atoms with Gasteiger partial charge in [-0.25, -0.2) is 17.2 Å². The number of carbonyl (C=O) groups excluding carboxylic acids is 1. The van der Waals surface area contributed by atoms with Crippen LogP contribution in [-0.4, -0.2) is 55.8 Å². The van der Waals surface area contributed by atoms with Gasteiger partial charge in [0.1, 0.15) is 17.4 Å². The van der Waals surface area contributed by atoms with Crippen molar-refractivity contribution >= 4 is 39.1 Å². The van der Waals surface area contributed by atoms with Crippen LogP contribution < -0.4 is 4.74 Å². The minimum atomic E-state index is -4.37. The van der Waals surface area contributed by atoms with E-state index in [0.29, 0.717) is 5.02 Å². The highest BCUT2D eigenvalue weighted by Crippen LogP contribution is 2.29. The van der Waals surface area contributed by atoms with E-state index < -0.39 is 32.7 Å². The molecule has 1 heterocycles. The summed E-state index contributed by atoms with van der Waals surface area (Å²) in [6, 6.07) is 7.47. The van der Waals surface area contributed by atoms with Crippen molar-refractivity contribution in [1.29, 1.82) is 0 Å². The lowest BCUT2D eigenvalue weighted by molar-refractivity contribution is -0.139. The van der Waals surface area contributed by atoms with Crippen molar-refractivity contribution in [2.45, 2.75) is 17.9 Å². The molecule has 1 amide bonds. The van der Waals surface area contributed by atoms with E-state index >= 15 is 0 Å². The maximum atomic E-state index is 13.9. The molecule has 0 spiro atoms. The molecule has 2 aromatic carbocycles. The second-order valence-corrected chi connectivity index (χ2v) is 9.33. The number of piperazine rings is 1. The van der Waals surface area contributed by atoms with Crippen molar-refractivity contribution in [2.24, 2.45) is 0 Å². The van der Waals surface area contributed by atoms with Gasteiger partial charge in [0.25, 0.3) is 5.91 Å². The Morgan fingerprint density at radius 3 is 2.23 bits per heavy atom. The summed E-state index contributed by atoms with van der Waals surface area (Å²) in [5.41, 5.74) is 0. The molecule has 11 heteroatoms. The van der Waals surface area contributed by atoms with Crippen molar-refractivity contribution in [2.75, 3.05) is 26.2 Å².